The minimum Gasteiger partial charge on any atom is -0.495 e. The molecule has 1 amide bonds. The van der Waals surface area contributed by atoms with Crippen molar-refractivity contribution in [3.63, 3.8) is 0 Å². The molecule has 0 fully saturated rings. The Morgan fingerprint density at radius 1 is 1.24 bits per heavy atom. The van der Waals surface area contributed by atoms with Crippen LogP contribution in [0.4, 0.5) is 5.69 Å². The topological polar surface area (TPSA) is 38.3 Å². The monoisotopic (exact) mass is 317 g/mol. The molecule has 3 rings (SSSR count). The van der Waals surface area contributed by atoms with Gasteiger partial charge in [0, 0.05) is 10.3 Å². The highest BCUT2D eigenvalue weighted by Crippen LogP contribution is 2.34. The Morgan fingerprint density at radius 3 is 2.76 bits per heavy atom. The smallest absolute Gasteiger partial charge is 0.265 e. The van der Waals surface area contributed by atoms with Crippen molar-refractivity contribution in [2.24, 2.45) is 0 Å². The molecule has 2 heterocycles. The standard InChI is InChI=1S/C16H15NO2S2/c1-3-11-8-10-9-14(21-16(10)20-11)15(18)17-12-6-4-5-7-13(12)19-2/h4-9H,3H2,1-2H3,(H,17,18). The van der Waals surface area contributed by atoms with Crippen molar-refractivity contribution in [3.05, 3.63) is 46.2 Å². The van der Waals surface area contributed by atoms with Crippen LogP contribution in [0.5, 0.6) is 5.75 Å². The van der Waals surface area contributed by atoms with Crippen LogP contribution in [-0.2, 0) is 6.42 Å². The summed E-state index contributed by atoms with van der Waals surface area (Å²) in [6.07, 6.45) is 1.04. The number of hydrogen-bond acceptors (Lipinski definition) is 4. The summed E-state index contributed by atoms with van der Waals surface area (Å²) in [5.74, 6) is 0.573. The minimum atomic E-state index is -0.0917. The van der Waals surface area contributed by atoms with E-state index >= 15 is 0 Å². The van der Waals surface area contributed by atoms with Gasteiger partial charge >= 0.3 is 0 Å². The minimum absolute atomic E-state index is 0.0917. The van der Waals surface area contributed by atoms with Gasteiger partial charge in [-0.2, -0.15) is 0 Å². The van der Waals surface area contributed by atoms with Gasteiger partial charge in [-0.1, -0.05) is 19.1 Å². The Morgan fingerprint density at radius 2 is 2.05 bits per heavy atom. The number of rotatable bonds is 4. The van der Waals surface area contributed by atoms with Crippen molar-refractivity contribution in [2.45, 2.75) is 13.3 Å². The number of thiophene rings is 2. The third-order valence-electron chi connectivity index (χ3n) is 3.19. The highest BCUT2D eigenvalue weighted by molar-refractivity contribution is 7.39. The van der Waals surface area contributed by atoms with Crippen molar-refractivity contribution >= 4 is 43.7 Å². The number of aryl methyl sites for hydroxylation is 1. The molecule has 0 aliphatic heterocycles. The maximum atomic E-state index is 12.4. The van der Waals surface area contributed by atoms with Gasteiger partial charge in [-0.25, -0.2) is 0 Å². The quantitative estimate of drug-likeness (QED) is 0.751. The molecule has 0 radical (unpaired) electrons. The third kappa shape index (κ3) is 2.80. The average Bonchev–Trinajstić information content (AvgIpc) is 3.05. The molecular formula is C16H15NO2S2. The first kappa shape index (κ1) is 14.1. The molecule has 108 valence electrons. The van der Waals surface area contributed by atoms with Crippen LogP contribution < -0.4 is 10.1 Å². The molecule has 0 saturated heterocycles. The molecule has 0 bridgehead atoms. The number of para-hydroxylation sites is 2. The molecule has 0 saturated carbocycles. The SMILES string of the molecule is CCc1cc2cc(C(=O)Nc3ccccc3OC)sc2s1. The molecule has 3 aromatic rings. The van der Waals surface area contributed by atoms with Gasteiger partial charge in [-0.15, -0.1) is 22.7 Å². The van der Waals surface area contributed by atoms with Crippen molar-refractivity contribution < 1.29 is 9.53 Å². The van der Waals surface area contributed by atoms with Gasteiger partial charge in [0.25, 0.3) is 5.91 Å². The molecule has 0 spiro atoms. The van der Waals surface area contributed by atoms with E-state index < -0.39 is 0 Å². The number of hydrogen-bond donors (Lipinski definition) is 1. The molecule has 0 aliphatic carbocycles. The lowest BCUT2D eigenvalue weighted by Gasteiger charge is -2.08. The normalized spacial score (nSPS) is 10.8. The van der Waals surface area contributed by atoms with Crippen LogP contribution in [0, 0.1) is 0 Å². The van der Waals surface area contributed by atoms with E-state index in [2.05, 4.69) is 18.3 Å². The van der Waals surface area contributed by atoms with Crippen molar-refractivity contribution in [2.75, 3.05) is 12.4 Å². The molecule has 0 aliphatic rings. The average molecular weight is 317 g/mol. The highest BCUT2D eigenvalue weighted by atomic mass is 32.2. The summed E-state index contributed by atoms with van der Waals surface area (Å²) >= 11 is 3.30. The number of carbonyl (C=O) groups is 1. The number of benzene rings is 1. The predicted octanol–water partition coefficient (Wildman–Crippen LogP) is 4.79. The lowest BCUT2D eigenvalue weighted by atomic mass is 10.2. The number of amides is 1. The molecular weight excluding hydrogens is 302 g/mol. The second-order valence-electron chi connectivity index (χ2n) is 4.57. The first-order valence-corrected chi connectivity index (χ1v) is 8.31. The highest BCUT2D eigenvalue weighted by Gasteiger charge is 2.14. The lowest BCUT2D eigenvalue weighted by Crippen LogP contribution is -2.10. The summed E-state index contributed by atoms with van der Waals surface area (Å²) in [6, 6.07) is 11.5. The number of anilines is 1. The zero-order valence-electron chi connectivity index (χ0n) is 11.8. The van der Waals surface area contributed by atoms with Crippen LogP contribution in [0.1, 0.15) is 21.5 Å². The fraction of sp³-hybridized carbons (Fsp3) is 0.188. The van der Waals surface area contributed by atoms with E-state index in [-0.39, 0.29) is 5.91 Å². The van der Waals surface area contributed by atoms with E-state index in [0.717, 1.165) is 16.7 Å². The zero-order valence-corrected chi connectivity index (χ0v) is 13.4. The fourth-order valence-electron chi connectivity index (χ4n) is 2.11. The Bertz CT molecular complexity index is 757. The van der Waals surface area contributed by atoms with Gasteiger partial charge in [0.1, 0.15) is 5.75 Å². The fourth-order valence-corrected chi connectivity index (χ4v) is 4.43. The van der Waals surface area contributed by atoms with Gasteiger partial charge in [-0.05, 0) is 30.7 Å². The number of fused-ring (bicyclic) bond motifs is 1. The molecule has 0 unspecified atom stereocenters. The van der Waals surface area contributed by atoms with E-state index in [0.29, 0.717) is 11.4 Å². The molecule has 3 nitrogen and oxygen atoms in total. The van der Waals surface area contributed by atoms with Crippen LogP contribution in [-0.4, -0.2) is 13.0 Å². The Hall–Kier alpha value is -1.85. The van der Waals surface area contributed by atoms with Gasteiger partial charge < -0.3 is 10.1 Å². The number of nitrogens with one attached hydrogen (secondary N) is 1. The van der Waals surface area contributed by atoms with Crippen LogP contribution >= 0.6 is 22.7 Å². The van der Waals surface area contributed by atoms with Crippen LogP contribution in [0.3, 0.4) is 0 Å². The summed E-state index contributed by atoms with van der Waals surface area (Å²) in [7, 11) is 1.60. The molecule has 5 heteroatoms. The van der Waals surface area contributed by atoms with Crippen molar-refractivity contribution in [3.8, 4) is 5.75 Å². The predicted molar refractivity (Wildman–Crippen MR) is 90.0 cm³/mol. The Balaban J connectivity index is 1.84. The maximum Gasteiger partial charge on any atom is 0.265 e. The number of ether oxygens (including phenoxy) is 1. The summed E-state index contributed by atoms with van der Waals surface area (Å²) in [4.78, 5) is 14.4. The van der Waals surface area contributed by atoms with Gasteiger partial charge in [0.05, 0.1) is 21.7 Å². The first-order chi connectivity index (χ1) is 10.2. The molecule has 1 aromatic carbocycles. The van der Waals surface area contributed by atoms with Crippen LogP contribution in [0.25, 0.3) is 9.40 Å². The van der Waals surface area contributed by atoms with Gasteiger partial charge in [0.15, 0.2) is 0 Å². The second-order valence-corrected chi connectivity index (χ2v) is 7.02. The molecule has 0 atom stereocenters. The van der Waals surface area contributed by atoms with E-state index in [4.69, 9.17) is 4.74 Å². The number of carbonyl (C=O) groups excluding carboxylic acids is 1. The summed E-state index contributed by atoms with van der Waals surface area (Å²) in [5, 5.41) is 4.07. The molecule has 2 aromatic heterocycles. The van der Waals surface area contributed by atoms with Crippen LogP contribution in [0.15, 0.2) is 36.4 Å². The van der Waals surface area contributed by atoms with E-state index in [1.165, 1.54) is 20.2 Å². The van der Waals surface area contributed by atoms with E-state index in [9.17, 15) is 4.79 Å². The Labute approximate surface area is 131 Å². The van der Waals surface area contributed by atoms with Gasteiger partial charge in [0.2, 0.25) is 0 Å². The maximum absolute atomic E-state index is 12.4. The zero-order chi connectivity index (χ0) is 14.8. The Kier molecular flexibility index (Phi) is 3.94. The van der Waals surface area contributed by atoms with E-state index in [1.807, 2.05) is 30.3 Å². The summed E-state index contributed by atoms with van der Waals surface area (Å²) < 4.78 is 6.45. The summed E-state index contributed by atoms with van der Waals surface area (Å²) in [5.41, 5.74) is 0.691. The van der Waals surface area contributed by atoms with Gasteiger partial charge in [-0.3, -0.25) is 4.79 Å². The molecule has 21 heavy (non-hydrogen) atoms. The first-order valence-electron chi connectivity index (χ1n) is 6.68. The molecule has 1 N–H and O–H groups in total. The third-order valence-corrected chi connectivity index (χ3v) is 5.73. The lowest BCUT2D eigenvalue weighted by molar-refractivity contribution is 0.103. The largest absolute Gasteiger partial charge is 0.495 e. The second kappa shape index (κ2) is 5.87. The van der Waals surface area contributed by atoms with Crippen LogP contribution in [0.2, 0.25) is 0 Å². The van der Waals surface area contributed by atoms with Crippen molar-refractivity contribution in [1.29, 1.82) is 0 Å². The van der Waals surface area contributed by atoms with E-state index in [1.54, 1.807) is 18.4 Å². The van der Waals surface area contributed by atoms with Crippen molar-refractivity contribution in [1.82, 2.24) is 0 Å². The number of methoxy groups -OCH3 is 1. The summed E-state index contributed by atoms with van der Waals surface area (Å²) in [6.45, 7) is 2.14.